The molecule has 1 aliphatic heterocycles. The lowest BCUT2D eigenvalue weighted by molar-refractivity contribution is -0.147. The van der Waals surface area contributed by atoms with Crippen molar-refractivity contribution in [2.75, 3.05) is 25.6 Å². The third-order valence-electron chi connectivity index (χ3n) is 3.18. The molecule has 3 N–H and O–H groups in total. The summed E-state index contributed by atoms with van der Waals surface area (Å²) >= 11 is 1.25. The highest BCUT2D eigenvalue weighted by atomic mass is 32.1. The maximum Gasteiger partial charge on any atom is 0.308 e. The van der Waals surface area contributed by atoms with Gasteiger partial charge in [-0.15, -0.1) is 5.10 Å². The third-order valence-corrected chi connectivity index (χ3v) is 3.88. The first kappa shape index (κ1) is 13.2. The van der Waals surface area contributed by atoms with E-state index in [0.29, 0.717) is 6.54 Å². The van der Waals surface area contributed by atoms with Crippen LogP contribution < -0.4 is 11.3 Å². The zero-order chi connectivity index (χ0) is 13.0. The molecule has 1 fully saturated rings. The number of carbonyl (C=O) groups excluding carboxylic acids is 1. The molecule has 0 saturated carbocycles. The van der Waals surface area contributed by atoms with E-state index in [2.05, 4.69) is 19.9 Å². The molecule has 1 aliphatic rings. The van der Waals surface area contributed by atoms with Gasteiger partial charge >= 0.3 is 5.97 Å². The molecule has 0 spiro atoms. The van der Waals surface area contributed by atoms with Crippen molar-refractivity contribution >= 4 is 22.5 Å². The maximum absolute atomic E-state index is 11.4. The number of nitrogens with zero attached hydrogens (tertiary/aromatic N) is 3. The summed E-state index contributed by atoms with van der Waals surface area (Å²) in [5.41, 5.74) is 3.45. The van der Waals surface area contributed by atoms with Crippen molar-refractivity contribution in [2.45, 2.75) is 19.4 Å². The van der Waals surface area contributed by atoms with Crippen LogP contribution >= 0.6 is 11.5 Å². The first-order chi connectivity index (χ1) is 8.74. The van der Waals surface area contributed by atoms with E-state index >= 15 is 0 Å². The molecule has 0 atom stereocenters. The zero-order valence-electron chi connectivity index (χ0n) is 10.3. The first-order valence-electron chi connectivity index (χ1n) is 5.82. The van der Waals surface area contributed by atoms with Crippen molar-refractivity contribution < 1.29 is 9.53 Å². The molecule has 18 heavy (non-hydrogen) atoms. The molecular weight excluding hydrogens is 254 g/mol. The number of hydrogen-bond donors (Lipinski definition) is 2. The lowest BCUT2D eigenvalue weighted by Gasteiger charge is -2.29. The normalized spacial score (nSPS) is 17.7. The zero-order valence-corrected chi connectivity index (χ0v) is 11.1. The predicted molar refractivity (Wildman–Crippen MR) is 67.7 cm³/mol. The minimum atomic E-state index is -0.103. The van der Waals surface area contributed by atoms with Gasteiger partial charge < -0.3 is 10.2 Å². The van der Waals surface area contributed by atoms with Gasteiger partial charge in [-0.3, -0.25) is 9.69 Å². The standard InChI is InChI=1S/C10H17N5O2S/c1-17-10(16)7-2-4-15(5-3-7)6-8-9(12-11)18-14-13-8/h7,12H,2-6,11H2,1H3. The Morgan fingerprint density at radius 2 is 2.33 bits per heavy atom. The summed E-state index contributed by atoms with van der Waals surface area (Å²) in [5.74, 6) is 5.31. The molecule has 0 amide bonds. The molecule has 0 unspecified atom stereocenters. The van der Waals surface area contributed by atoms with Crippen LogP contribution in [-0.4, -0.2) is 40.7 Å². The number of piperidine rings is 1. The summed E-state index contributed by atoms with van der Waals surface area (Å²) in [7, 11) is 1.44. The van der Waals surface area contributed by atoms with Crippen LogP contribution in [0, 0.1) is 5.92 Å². The molecule has 0 aliphatic carbocycles. The molecule has 2 heterocycles. The van der Waals surface area contributed by atoms with Crippen molar-refractivity contribution in [3.8, 4) is 0 Å². The van der Waals surface area contributed by atoms with E-state index in [1.54, 1.807) is 0 Å². The predicted octanol–water partition coefficient (Wildman–Crippen LogP) is 0.209. The number of hydrazine groups is 1. The number of ether oxygens (including phenoxy) is 1. The Balaban J connectivity index is 1.85. The topological polar surface area (TPSA) is 93.4 Å². The van der Waals surface area contributed by atoms with Crippen molar-refractivity contribution in [3.05, 3.63) is 5.69 Å². The number of esters is 1. The quantitative estimate of drug-likeness (QED) is 0.459. The monoisotopic (exact) mass is 271 g/mol. The number of aromatic nitrogens is 2. The Labute approximate surface area is 109 Å². The van der Waals surface area contributed by atoms with Crippen LogP contribution in [0.2, 0.25) is 0 Å². The molecule has 1 aromatic heterocycles. The lowest BCUT2D eigenvalue weighted by Crippen LogP contribution is -2.36. The van der Waals surface area contributed by atoms with E-state index in [0.717, 1.165) is 36.6 Å². The van der Waals surface area contributed by atoms with Gasteiger partial charge in [0.15, 0.2) is 0 Å². The minimum absolute atomic E-state index is 0.0342. The van der Waals surface area contributed by atoms with Crippen molar-refractivity contribution in [1.29, 1.82) is 0 Å². The Hall–Kier alpha value is -1.25. The molecule has 2 rings (SSSR count). The summed E-state index contributed by atoms with van der Waals surface area (Å²) in [6.45, 7) is 2.44. The SMILES string of the molecule is COC(=O)C1CCN(Cc2nnsc2NN)CC1. The van der Waals surface area contributed by atoms with Crippen LogP contribution in [0.15, 0.2) is 0 Å². The van der Waals surface area contributed by atoms with Gasteiger partial charge in [-0.1, -0.05) is 4.49 Å². The summed E-state index contributed by atoms with van der Waals surface area (Å²) in [5, 5.41) is 4.84. The van der Waals surface area contributed by atoms with Crippen molar-refractivity contribution in [1.82, 2.24) is 14.5 Å². The van der Waals surface area contributed by atoms with Crippen molar-refractivity contribution in [2.24, 2.45) is 11.8 Å². The first-order valence-corrected chi connectivity index (χ1v) is 6.60. The fourth-order valence-electron chi connectivity index (χ4n) is 2.13. The fourth-order valence-corrected chi connectivity index (χ4v) is 2.61. The van der Waals surface area contributed by atoms with E-state index in [1.165, 1.54) is 18.6 Å². The van der Waals surface area contributed by atoms with E-state index in [9.17, 15) is 4.79 Å². The molecule has 0 bridgehead atoms. The lowest BCUT2D eigenvalue weighted by atomic mass is 9.97. The Kier molecular flexibility index (Phi) is 4.45. The highest BCUT2D eigenvalue weighted by Gasteiger charge is 2.26. The number of carbonyl (C=O) groups is 1. The van der Waals surface area contributed by atoms with Gasteiger partial charge in [-0.2, -0.15) is 0 Å². The highest BCUT2D eigenvalue weighted by Crippen LogP contribution is 2.22. The molecule has 8 heteroatoms. The van der Waals surface area contributed by atoms with Crippen LogP contribution in [0.3, 0.4) is 0 Å². The van der Waals surface area contributed by atoms with Crippen LogP contribution in [0.5, 0.6) is 0 Å². The van der Waals surface area contributed by atoms with Gasteiger partial charge in [0, 0.05) is 18.1 Å². The Morgan fingerprint density at radius 3 is 2.94 bits per heavy atom. The number of rotatable bonds is 4. The minimum Gasteiger partial charge on any atom is -0.469 e. The van der Waals surface area contributed by atoms with Gasteiger partial charge in [0.1, 0.15) is 10.7 Å². The number of likely N-dealkylation sites (tertiary alicyclic amines) is 1. The van der Waals surface area contributed by atoms with E-state index in [-0.39, 0.29) is 11.9 Å². The number of nitrogens with one attached hydrogen (secondary N) is 1. The molecule has 7 nitrogen and oxygen atoms in total. The second-order valence-corrected chi connectivity index (χ2v) is 5.02. The van der Waals surface area contributed by atoms with Crippen LogP contribution in [0.1, 0.15) is 18.5 Å². The number of nitrogens with two attached hydrogens (primary N) is 1. The Morgan fingerprint density at radius 1 is 1.61 bits per heavy atom. The second kappa shape index (κ2) is 6.07. The average Bonchev–Trinajstić information content (AvgIpc) is 2.86. The van der Waals surface area contributed by atoms with E-state index < -0.39 is 0 Å². The molecule has 1 saturated heterocycles. The number of nitrogen functional groups attached to an aromatic ring is 1. The van der Waals surface area contributed by atoms with Gasteiger partial charge in [-0.25, -0.2) is 5.84 Å². The van der Waals surface area contributed by atoms with E-state index in [1.807, 2.05) is 0 Å². The summed E-state index contributed by atoms with van der Waals surface area (Å²) in [6.07, 6.45) is 1.66. The largest absolute Gasteiger partial charge is 0.469 e. The van der Waals surface area contributed by atoms with Gasteiger partial charge in [0.05, 0.1) is 13.0 Å². The number of methoxy groups -OCH3 is 1. The fraction of sp³-hybridized carbons (Fsp3) is 0.700. The third kappa shape index (κ3) is 2.95. The summed E-state index contributed by atoms with van der Waals surface area (Å²) in [4.78, 5) is 13.7. The van der Waals surface area contributed by atoms with Gasteiger partial charge in [0.2, 0.25) is 0 Å². The Bertz CT molecular complexity index is 403. The van der Waals surface area contributed by atoms with Crippen molar-refractivity contribution in [3.63, 3.8) is 0 Å². The number of anilines is 1. The van der Waals surface area contributed by atoms with Crippen LogP contribution in [0.4, 0.5) is 5.00 Å². The molecule has 0 aromatic carbocycles. The molecule has 1 aromatic rings. The highest BCUT2D eigenvalue weighted by molar-refractivity contribution is 7.10. The van der Waals surface area contributed by atoms with Gasteiger partial charge in [-0.05, 0) is 25.9 Å². The molecule has 0 radical (unpaired) electrons. The second-order valence-electron chi connectivity index (χ2n) is 4.27. The summed E-state index contributed by atoms with van der Waals surface area (Å²) in [6, 6.07) is 0. The smallest absolute Gasteiger partial charge is 0.308 e. The molecular formula is C10H17N5O2S. The van der Waals surface area contributed by atoms with E-state index in [4.69, 9.17) is 10.6 Å². The van der Waals surface area contributed by atoms with Gasteiger partial charge in [0.25, 0.3) is 0 Å². The number of hydrogen-bond acceptors (Lipinski definition) is 8. The van der Waals surface area contributed by atoms with Crippen LogP contribution in [-0.2, 0) is 16.1 Å². The van der Waals surface area contributed by atoms with Crippen LogP contribution in [0.25, 0.3) is 0 Å². The summed E-state index contributed by atoms with van der Waals surface area (Å²) < 4.78 is 8.63. The molecule has 100 valence electrons. The average molecular weight is 271 g/mol. The maximum atomic E-state index is 11.4.